The van der Waals surface area contributed by atoms with Crippen molar-refractivity contribution in [2.45, 2.75) is 44.6 Å². The highest BCUT2D eigenvalue weighted by Crippen LogP contribution is 2.52. The van der Waals surface area contributed by atoms with E-state index in [4.69, 9.17) is 9.47 Å². The molecule has 4 atom stereocenters. The highest BCUT2D eigenvalue weighted by atomic mass is 16.5. The zero-order valence-electron chi connectivity index (χ0n) is 17.9. The molecule has 7 nitrogen and oxygen atoms in total. The Morgan fingerprint density at radius 3 is 2.42 bits per heavy atom. The summed E-state index contributed by atoms with van der Waals surface area (Å²) in [6, 6.07) is 8.61. The molecule has 7 heteroatoms. The van der Waals surface area contributed by atoms with E-state index in [1.807, 2.05) is 30.3 Å². The molecule has 166 valence electrons. The minimum atomic E-state index is -0.776. The van der Waals surface area contributed by atoms with Crippen LogP contribution in [0.2, 0.25) is 0 Å². The van der Waals surface area contributed by atoms with Crippen LogP contribution in [0.5, 0.6) is 0 Å². The van der Waals surface area contributed by atoms with E-state index in [9.17, 15) is 14.4 Å². The topological polar surface area (TPSA) is 93.7 Å². The van der Waals surface area contributed by atoms with Gasteiger partial charge in [-0.1, -0.05) is 30.3 Å². The molecule has 0 bridgehead atoms. The molecule has 2 amide bonds. The lowest BCUT2D eigenvalue weighted by molar-refractivity contribution is -0.145. The van der Waals surface area contributed by atoms with Crippen LogP contribution in [0.3, 0.4) is 0 Å². The quantitative estimate of drug-likeness (QED) is 0.467. The molecule has 0 aliphatic heterocycles. The van der Waals surface area contributed by atoms with Gasteiger partial charge in [-0.05, 0) is 36.2 Å². The van der Waals surface area contributed by atoms with Gasteiger partial charge in [0.15, 0.2) is 0 Å². The van der Waals surface area contributed by atoms with Gasteiger partial charge in [-0.2, -0.15) is 0 Å². The summed E-state index contributed by atoms with van der Waals surface area (Å²) in [7, 11) is 1.29. The van der Waals surface area contributed by atoms with Crippen molar-refractivity contribution in [3.63, 3.8) is 0 Å². The lowest BCUT2D eigenvalue weighted by Crippen LogP contribution is -2.44. The molecule has 0 saturated heterocycles. The number of ether oxygens (including phenoxy) is 2. The molecular formula is C24H30N2O5. The number of hydrogen-bond donors (Lipinski definition) is 2. The number of carbonyl (C=O) groups is 3. The molecule has 31 heavy (non-hydrogen) atoms. The number of amides is 2. The SMILES string of the molecule is COC(=O)[C@H](Cc1ccccc1)NC(=O)CCNC(=O)OCC1[C@H]2CCC#CCC[C@@H]12. The number of esters is 1. The lowest BCUT2D eigenvalue weighted by atomic mass is 10.1. The standard InChI is InChI=1S/C24H30N2O5/c1-30-23(28)21(15-17-9-5-4-6-10-17)26-22(27)13-14-25-24(29)31-16-20-18-11-7-2-3-8-12-19(18)20/h4-6,9-10,18-21H,7-8,11-16H2,1H3,(H,25,29)(H,26,27)/t18-,19+,20?,21-/m0/s1. The fourth-order valence-electron chi connectivity index (χ4n) is 4.24. The van der Waals surface area contributed by atoms with Gasteiger partial charge < -0.3 is 20.1 Å². The lowest BCUT2D eigenvalue weighted by Gasteiger charge is -2.16. The largest absolute Gasteiger partial charge is 0.467 e. The maximum atomic E-state index is 12.2. The van der Waals surface area contributed by atoms with Crippen LogP contribution < -0.4 is 10.6 Å². The van der Waals surface area contributed by atoms with Crippen molar-refractivity contribution in [1.29, 1.82) is 0 Å². The molecule has 3 rings (SSSR count). The molecule has 0 spiro atoms. The minimum absolute atomic E-state index is 0.0450. The Morgan fingerprint density at radius 1 is 1.10 bits per heavy atom. The van der Waals surface area contributed by atoms with Gasteiger partial charge in [-0.15, -0.1) is 11.8 Å². The number of methoxy groups -OCH3 is 1. The average molecular weight is 427 g/mol. The van der Waals surface area contributed by atoms with E-state index in [1.165, 1.54) is 7.11 Å². The van der Waals surface area contributed by atoms with Gasteiger partial charge in [-0.25, -0.2) is 9.59 Å². The summed E-state index contributed by atoms with van der Waals surface area (Å²) in [5.41, 5.74) is 0.915. The second kappa shape index (κ2) is 11.4. The summed E-state index contributed by atoms with van der Waals surface area (Å²) >= 11 is 0. The van der Waals surface area contributed by atoms with E-state index in [2.05, 4.69) is 22.5 Å². The number of hydrogen-bond acceptors (Lipinski definition) is 5. The van der Waals surface area contributed by atoms with E-state index >= 15 is 0 Å². The van der Waals surface area contributed by atoms with Crippen LogP contribution >= 0.6 is 0 Å². The molecule has 1 unspecified atom stereocenters. The van der Waals surface area contributed by atoms with Crippen LogP contribution in [0.1, 0.15) is 37.7 Å². The van der Waals surface area contributed by atoms with Crippen LogP contribution in [0.4, 0.5) is 4.79 Å². The second-order valence-corrected chi connectivity index (χ2v) is 8.03. The van der Waals surface area contributed by atoms with Crippen molar-refractivity contribution < 1.29 is 23.9 Å². The van der Waals surface area contributed by atoms with Gasteiger partial charge in [0.05, 0.1) is 13.7 Å². The van der Waals surface area contributed by atoms with E-state index in [-0.39, 0.29) is 18.9 Å². The van der Waals surface area contributed by atoms with Gasteiger partial charge in [0.25, 0.3) is 0 Å². The van der Waals surface area contributed by atoms with Crippen LogP contribution in [0.25, 0.3) is 0 Å². The third kappa shape index (κ3) is 7.02. The van der Waals surface area contributed by atoms with Crippen molar-refractivity contribution in [1.82, 2.24) is 10.6 Å². The molecule has 2 aliphatic carbocycles. The first-order valence-corrected chi connectivity index (χ1v) is 10.9. The van der Waals surface area contributed by atoms with Gasteiger partial charge in [0.2, 0.25) is 5.91 Å². The number of fused-ring (bicyclic) bond motifs is 1. The van der Waals surface area contributed by atoms with Crippen molar-refractivity contribution in [2.75, 3.05) is 20.3 Å². The highest BCUT2D eigenvalue weighted by molar-refractivity contribution is 5.85. The molecule has 1 aromatic carbocycles. The van der Waals surface area contributed by atoms with Crippen molar-refractivity contribution >= 4 is 18.0 Å². The smallest absolute Gasteiger partial charge is 0.407 e. The van der Waals surface area contributed by atoms with Crippen LogP contribution in [-0.4, -0.2) is 44.3 Å². The van der Waals surface area contributed by atoms with Crippen molar-refractivity contribution in [2.24, 2.45) is 17.8 Å². The number of alkyl carbamates (subject to hydrolysis) is 1. The average Bonchev–Trinajstić information content (AvgIpc) is 3.40. The molecule has 2 N–H and O–H groups in total. The third-order valence-electron chi connectivity index (χ3n) is 5.97. The number of rotatable bonds is 9. The monoisotopic (exact) mass is 426 g/mol. The number of benzene rings is 1. The number of carbonyl (C=O) groups excluding carboxylic acids is 3. The van der Waals surface area contributed by atoms with E-state index in [0.29, 0.717) is 30.8 Å². The Hall–Kier alpha value is -3.01. The van der Waals surface area contributed by atoms with Crippen molar-refractivity contribution in [3.05, 3.63) is 35.9 Å². The summed E-state index contributed by atoms with van der Waals surface area (Å²) in [5.74, 6) is 7.15. The summed E-state index contributed by atoms with van der Waals surface area (Å²) < 4.78 is 10.1. The molecule has 1 aromatic rings. The normalized spacial score (nSPS) is 22.3. The maximum Gasteiger partial charge on any atom is 0.407 e. The summed E-state index contributed by atoms with van der Waals surface area (Å²) in [4.78, 5) is 36.2. The predicted molar refractivity (Wildman–Crippen MR) is 115 cm³/mol. The van der Waals surface area contributed by atoms with Gasteiger partial charge in [0, 0.05) is 32.2 Å². The van der Waals surface area contributed by atoms with Crippen LogP contribution in [-0.2, 0) is 25.5 Å². The molecule has 0 aromatic heterocycles. The Kier molecular flexibility index (Phi) is 8.34. The van der Waals surface area contributed by atoms with Crippen LogP contribution in [0.15, 0.2) is 30.3 Å². The third-order valence-corrected chi connectivity index (χ3v) is 5.97. The Balaban J connectivity index is 1.34. The fourth-order valence-corrected chi connectivity index (χ4v) is 4.24. The zero-order valence-corrected chi connectivity index (χ0v) is 17.9. The molecular weight excluding hydrogens is 396 g/mol. The molecule has 2 aliphatic rings. The first-order valence-electron chi connectivity index (χ1n) is 10.9. The van der Waals surface area contributed by atoms with E-state index in [1.54, 1.807) is 0 Å². The zero-order chi connectivity index (χ0) is 22.1. The predicted octanol–water partition coefficient (Wildman–Crippen LogP) is 2.44. The molecule has 1 fully saturated rings. The van der Waals surface area contributed by atoms with E-state index < -0.39 is 18.1 Å². The number of nitrogens with one attached hydrogen (secondary N) is 2. The van der Waals surface area contributed by atoms with E-state index in [0.717, 1.165) is 31.2 Å². The summed E-state index contributed by atoms with van der Waals surface area (Å²) in [6.07, 6.45) is 3.88. The Morgan fingerprint density at radius 2 is 1.77 bits per heavy atom. The minimum Gasteiger partial charge on any atom is -0.467 e. The Bertz CT molecular complexity index is 811. The van der Waals surface area contributed by atoms with Gasteiger partial charge in [0.1, 0.15) is 6.04 Å². The van der Waals surface area contributed by atoms with Gasteiger partial charge >= 0.3 is 12.1 Å². The molecule has 0 radical (unpaired) electrons. The summed E-state index contributed by atoms with van der Waals surface area (Å²) in [6.45, 7) is 0.546. The second-order valence-electron chi connectivity index (χ2n) is 8.03. The first kappa shape index (κ1) is 22.7. The van der Waals surface area contributed by atoms with Gasteiger partial charge in [-0.3, -0.25) is 4.79 Å². The Labute approximate surface area is 183 Å². The fraction of sp³-hybridized carbons (Fsp3) is 0.542. The van der Waals surface area contributed by atoms with Crippen LogP contribution in [0, 0.1) is 29.6 Å². The molecule has 0 heterocycles. The maximum absolute atomic E-state index is 12.2. The molecule has 1 saturated carbocycles. The highest BCUT2D eigenvalue weighted by Gasteiger charge is 2.49. The summed E-state index contributed by atoms with van der Waals surface area (Å²) in [5, 5.41) is 5.28. The first-order chi connectivity index (χ1) is 15.1. The van der Waals surface area contributed by atoms with Crippen molar-refractivity contribution in [3.8, 4) is 11.8 Å².